The first kappa shape index (κ1) is 24.8. The summed E-state index contributed by atoms with van der Waals surface area (Å²) >= 11 is 0. The third-order valence-corrected chi connectivity index (χ3v) is 7.32. The van der Waals surface area contributed by atoms with E-state index in [9.17, 15) is 4.79 Å². The Kier molecular flexibility index (Phi) is 7.08. The first-order chi connectivity index (χ1) is 16.3. The first-order valence-electron chi connectivity index (χ1n) is 11.8. The van der Waals surface area contributed by atoms with Crippen LogP contribution >= 0.6 is 0 Å². The highest BCUT2D eigenvalue weighted by Gasteiger charge is 2.72. The monoisotopic (exact) mass is 472 g/mol. The highest BCUT2D eigenvalue weighted by atomic mass is 16.6. The normalized spacial score (nSPS) is 34.1. The molecule has 2 heterocycles. The Bertz CT molecular complexity index is 960. The molecule has 1 saturated carbocycles. The standard InChI is InChI=1S/C27H36O7/c1-17(2)7-11-22-26(3,34-22)25-24(31-6)20(13-14-27(25)16-32-27)33-23(28)12-9-18-8-10-19(29-4)21(15-18)30-5/h7-10,12,15,20,22,24-25H,11,13-14,16H2,1-6H3/b12-9+/t20-,22+,24-,25-,26?,27+/m1/s1. The van der Waals surface area contributed by atoms with E-state index in [0.717, 1.165) is 18.4 Å². The van der Waals surface area contributed by atoms with Gasteiger partial charge in [-0.1, -0.05) is 17.7 Å². The lowest BCUT2D eigenvalue weighted by Crippen LogP contribution is -2.55. The van der Waals surface area contributed by atoms with E-state index in [0.29, 0.717) is 24.5 Å². The van der Waals surface area contributed by atoms with Crippen molar-refractivity contribution in [3.05, 3.63) is 41.5 Å². The van der Waals surface area contributed by atoms with E-state index in [1.165, 1.54) is 11.6 Å². The summed E-state index contributed by atoms with van der Waals surface area (Å²) in [6.07, 6.45) is 7.19. The van der Waals surface area contributed by atoms with E-state index in [1.807, 2.05) is 12.1 Å². The number of benzene rings is 1. The smallest absolute Gasteiger partial charge is 0.331 e. The maximum Gasteiger partial charge on any atom is 0.331 e. The molecule has 1 aromatic carbocycles. The number of methoxy groups -OCH3 is 3. The molecule has 2 aliphatic heterocycles. The fourth-order valence-corrected chi connectivity index (χ4v) is 5.38. The fourth-order valence-electron chi connectivity index (χ4n) is 5.38. The molecule has 3 aliphatic rings. The van der Waals surface area contributed by atoms with Crippen LogP contribution in [0, 0.1) is 5.92 Å². The second-order valence-corrected chi connectivity index (χ2v) is 9.80. The van der Waals surface area contributed by atoms with E-state index in [-0.39, 0.29) is 35.4 Å². The number of ether oxygens (including phenoxy) is 6. The van der Waals surface area contributed by atoms with E-state index in [4.69, 9.17) is 28.4 Å². The Hall–Kier alpha value is -2.35. The van der Waals surface area contributed by atoms with Crippen LogP contribution in [0.5, 0.6) is 11.5 Å². The van der Waals surface area contributed by atoms with Crippen LogP contribution in [-0.2, 0) is 23.7 Å². The number of epoxide rings is 2. The number of carbonyl (C=O) groups excluding carboxylic acids is 1. The summed E-state index contributed by atoms with van der Waals surface area (Å²) in [4.78, 5) is 12.7. The zero-order valence-electron chi connectivity index (χ0n) is 21.0. The molecule has 0 radical (unpaired) electrons. The van der Waals surface area contributed by atoms with Gasteiger partial charge in [0.1, 0.15) is 23.4 Å². The zero-order valence-corrected chi connectivity index (χ0v) is 21.0. The topological polar surface area (TPSA) is 79.1 Å². The Morgan fingerprint density at radius 2 is 1.91 bits per heavy atom. The van der Waals surface area contributed by atoms with Gasteiger partial charge in [0.2, 0.25) is 0 Å². The van der Waals surface area contributed by atoms with Crippen molar-refractivity contribution < 1.29 is 33.2 Å². The predicted molar refractivity (Wildman–Crippen MR) is 128 cm³/mol. The Balaban J connectivity index is 1.45. The predicted octanol–water partition coefficient (Wildman–Crippen LogP) is 4.34. The largest absolute Gasteiger partial charge is 0.493 e. The molecule has 0 bridgehead atoms. The molecule has 1 spiro atoms. The minimum atomic E-state index is -0.406. The lowest BCUT2D eigenvalue weighted by molar-refractivity contribution is -0.166. The van der Waals surface area contributed by atoms with Gasteiger partial charge < -0.3 is 28.4 Å². The molecule has 1 aliphatic carbocycles. The van der Waals surface area contributed by atoms with Crippen LogP contribution in [0.1, 0.15) is 45.6 Å². The number of allylic oxidation sites excluding steroid dienone is 1. The van der Waals surface area contributed by atoms with Crippen molar-refractivity contribution in [2.24, 2.45) is 5.92 Å². The molecular weight excluding hydrogens is 436 g/mol. The summed E-state index contributed by atoms with van der Waals surface area (Å²) in [6.45, 7) is 7.02. The van der Waals surface area contributed by atoms with Crippen molar-refractivity contribution in [3.63, 3.8) is 0 Å². The van der Waals surface area contributed by atoms with Gasteiger partial charge in [0, 0.05) is 13.2 Å². The molecule has 3 fully saturated rings. The number of esters is 1. The highest BCUT2D eigenvalue weighted by molar-refractivity contribution is 5.87. The van der Waals surface area contributed by atoms with E-state index in [1.54, 1.807) is 33.5 Å². The molecule has 34 heavy (non-hydrogen) atoms. The van der Waals surface area contributed by atoms with Gasteiger partial charge in [0.15, 0.2) is 11.5 Å². The molecule has 4 rings (SSSR count). The number of hydrogen-bond acceptors (Lipinski definition) is 7. The van der Waals surface area contributed by atoms with Crippen molar-refractivity contribution in [2.75, 3.05) is 27.9 Å². The van der Waals surface area contributed by atoms with Crippen LogP contribution in [0.2, 0.25) is 0 Å². The number of carbonyl (C=O) groups is 1. The first-order valence-corrected chi connectivity index (χ1v) is 11.8. The number of hydrogen-bond donors (Lipinski definition) is 0. The van der Waals surface area contributed by atoms with Crippen molar-refractivity contribution in [3.8, 4) is 11.5 Å². The molecule has 2 saturated heterocycles. The average molecular weight is 473 g/mol. The summed E-state index contributed by atoms with van der Waals surface area (Å²) in [5.41, 5.74) is 1.48. The molecule has 186 valence electrons. The minimum absolute atomic E-state index is 0.00180. The summed E-state index contributed by atoms with van der Waals surface area (Å²) in [7, 11) is 4.84. The van der Waals surface area contributed by atoms with Crippen LogP contribution in [0.25, 0.3) is 6.08 Å². The third kappa shape index (κ3) is 4.88. The SMILES string of the molecule is COc1ccc(/C=C/C(=O)O[C@@H]2CC[C@]3(CO3)[C@@H](C3(C)O[C@H]3CC=C(C)C)[C@@H]2OC)cc1OC. The Morgan fingerprint density at radius 3 is 2.53 bits per heavy atom. The quantitative estimate of drug-likeness (QED) is 0.229. The number of rotatable bonds is 9. The molecule has 7 heteroatoms. The fraction of sp³-hybridized carbons (Fsp3) is 0.593. The van der Waals surface area contributed by atoms with Crippen LogP contribution in [0.4, 0.5) is 0 Å². The van der Waals surface area contributed by atoms with E-state index < -0.39 is 5.97 Å². The summed E-state index contributed by atoms with van der Waals surface area (Å²) < 4.78 is 34.6. The van der Waals surface area contributed by atoms with Crippen molar-refractivity contribution >= 4 is 12.0 Å². The molecule has 6 atom stereocenters. The van der Waals surface area contributed by atoms with Gasteiger partial charge in [0.25, 0.3) is 0 Å². The second-order valence-electron chi connectivity index (χ2n) is 9.80. The Morgan fingerprint density at radius 1 is 1.18 bits per heavy atom. The molecule has 0 aromatic heterocycles. The van der Waals surface area contributed by atoms with Crippen molar-refractivity contribution in [1.82, 2.24) is 0 Å². The summed E-state index contributed by atoms with van der Waals surface area (Å²) in [5.74, 6) is 0.828. The molecule has 7 nitrogen and oxygen atoms in total. The van der Waals surface area contributed by atoms with E-state index >= 15 is 0 Å². The van der Waals surface area contributed by atoms with Gasteiger partial charge in [0.05, 0.1) is 32.8 Å². The molecule has 1 aromatic rings. The Labute approximate surface area is 202 Å². The van der Waals surface area contributed by atoms with Gasteiger partial charge in [-0.2, -0.15) is 0 Å². The molecule has 0 N–H and O–H groups in total. The van der Waals surface area contributed by atoms with Gasteiger partial charge in [-0.05, 0) is 63.8 Å². The lowest BCUT2D eigenvalue weighted by atomic mass is 9.68. The molecule has 1 unspecified atom stereocenters. The average Bonchev–Trinajstić information content (AvgIpc) is 3.74. The van der Waals surface area contributed by atoms with Gasteiger partial charge in [-0.15, -0.1) is 0 Å². The van der Waals surface area contributed by atoms with Crippen molar-refractivity contribution in [1.29, 1.82) is 0 Å². The summed E-state index contributed by atoms with van der Waals surface area (Å²) in [5, 5.41) is 0. The van der Waals surface area contributed by atoms with Crippen LogP contribution < -0.4 is 9.47 Å². The van der Waals surface area contributed by atoms with Crippen molar-refractivity contribution in [2.45, 2.75) is 69.5 Å². The van der Waals surface area contributed by atoms with Gasteiger partial charge in [-0.25, -0.2) is 4.79 Å². The highest BCUT2D eigenvalue weighted by Crippen LogP contribution is 2.59. The van der Waals surface area contributed by atoms with Gasteiger partial charge >= 0.3 is 5.97 Å². The third-order valence-electron chi connectivity index (χ3n) is 7.32. The molecule has 0 amide bonds. The lowest BCUT2D eigenvalue weighted by Gasteiger charge is -2.42. The zero-order chi connectivity index (χ0) is 24.5. The van der Waals surface area contributed by atoms with Crippen LogP contribution in [-0.4, -0.2) is 63.4 Å². The van der Waals surface area contributed by atoms with Crippen LogP contribution in [0.3, 0.4) is 0 Å². The van der Waals surface area contributed by atoms with Crippen LogP contribution in [0.15, 0.2) is 35.9 Å². The summed E-state index contributed by atoms with van der Waals surface area (Å²) in [6, 6.07) is 5.46. The second kappa shape index (κ2) is 9.72. The minimum Gasteiger partial charge on any atom is -0.493 e. The maximum atomic E-state index is 12.7. The molecular formula is C27H36O7. The maximum absolute atomic E-state index is 12.7. The van der Waals surface area contributed by atoms with Gasteiger partial charge in [-0.3, -0.25) is 0 Å². The van der Waals surface area contributed by atoms with E-state index in [2.05, 4.69) is 26.8 Å².